The molecule has 0 aromatic heterocycles. The lowest BCUT2D eigenvalue weighted by Gasteiger charge is -2.11. The Kier molecular flexibility index (Phi) is 4.87. The monoisotopic (exact) mass is 286 g/mol. The molecule has 1 fully saturated rings. The number of amides is 1. The lowest BCUT2D eigenvalue weighted by Crippen LogP contribution is -2.30. The Morgan fingerprint density at radius 3 is 3.00 bits per heavy atom. The molecular formula is C13H16Cl2N2O. The third kappa shape index (κ3) is 3.61. The zero-order chi connectivity index (χ0) is 13.0. The van der Waals surface area contributed by atoms with Gasteiger partial charge >= 0.3 is 0 Å². The average molecular weight is 287 g/mol. The normalized spacial score (nSPS) is 18.9. The van der Waals surface area contributed by atoms with Crippen LogP contribution in [0.1, 0.15) is 29.6 Å². The summed E-state index contributed by atoms with van der Waals surface area (Å²) in [6.07, 6.45) is 3.36. The Labute approximate surface area is 117 Å². The van der Waals surface area contributed by atoms with Crippen molar-refractivity contribution in [3.05, 3.63) is 33.8 Å². The van der Waals surface area contributed by atoms with Gasteiger partial charge < -0.3 is 10.6 Å². The predicted molar refractivity (Wildman–Crippen MR) is 74.4 cm³/mol. The van der Waals surface area contributed by atoms with E-state index in [1.54, 1.807) is 18.2 Å². The van der Waals surface area contributed by atoms with Gasteiger partial charge in [0.05, 0.1) is 10.6 Å². The fourth-order valence-electron chi connectivity index (χ4n) is 2.13. The number of rotatable bonds is 4. The molecular weight excluding hydrogens is 271 g/mol. The second-order valence-corrected chi connectivity index (χ2v) is 5.31. The van der Waals surface area contributed by atoms with Crippen LogP contribution in [0.25, 0.3) is 0 Å². The van der Waals surface area contributed by atoms with Gasteiger partial charge in [-0.05, 0) is 44.0 Å². The summed E-state index contributed by atoms with van der Waals surface area (Å²) in [5.41, 5.74) is 0.434. The van der Waals surface area contributed by atoms with Crippen molar-refractivity contribution in [3.8, 4) is 0 Å². The van der Waals surface area contributed by atoms with Crippen molar-refractivity contribution < 1.29 is 4.79 Å². The molecule has 0 bridgehead atoms. The summed E-state index contributed by atoms with van der Waals surface area (Å²) in [4.78, 5) is 11.9. The molecule has 1 amide bonds. The Bertz CT molecular complexity index is 431. The van der Waals surface area contributed by atoms with Crippen molar-refractivity contribution in [1.29, 1.82) is 0 Å². The number of hydrogen-bond acceptors (Lipinski definition) is 2. The first-order valence-corrected chi connectivity index (χ1v) is 6.89. The summed E-state index contributed by atoms with van der Waals surface area (Å²) in [7, 11) is 0. The zero-order valence-electron chi connectivity index (χ0n) is 10.0. The smallest absolute Gasteiger partial charge is 0.252 e. The van der Waals surface area contributed by atoms with Gasteiger partial charge in [0, 0.05) is 17.6 Å². The number of nitrogens with one attached hydrogen (secondary N) is 2. The van der Waals surface area contributed by atoms with Crippen molar-refractivity contribution in [2.24, 2.45) is 0 Å². The number of halogens is 2. The average Bonchev–Trinajstić information content (AvgIpc) is 2.85. The molecule has 0 aliphatic carbocycles. The maximum atomic E-state index is 11.9. The summed E-state index contributed by atoms with van der Waals surface area (Å²) in [6, 6.07) is 5.42. The van der Waals surface area contributed by atoms with Gasteiger partial charge in [-0.3, -0.25) is 4.79 Å². The van der Waals surface area contributed by atoms with Crippen LogP contribution in [0.15, 0.2) is 18.2 Å². The standard InChI is InChI=1S/C13H16Cl2N2O/c14-9-3-4-12(15)11(8-9)13(18)17-7-5-10-2-1-6-16-10/h3-4,8,10,16H,1-2,5-7H2,(H,17,18)/t10-/m0/s1. The van der Waals surface area contributed by atoms with E-state index < -0.39 is 0 Å². The van der Waals surface area contributed by atoms with E-state index in [9.17, 15) is 4.79 Å². The molecule has 1 aromatic carbocycles. The van der Waals surface area contributed by atoms with Crippen molar-refractivity contribution in [3.63, 3.8) is 0 Å². The fraction of sp³-hybridized carbons (Fsp3) is 0.462. The number of carbonyl (C=O) groups is 1. The van der Waals surface area contributed by atoms with E-state index in [0.29, 0.717) is 28.2 Å². The molecule has 1 heterocycles. The number of hydrogen-bond donors (Lipinski definition) is 2. The highest BCUT2D eigenvalue weighted by Gasteiger charge is 2.15. The number of benzene rings is 1. The molecule has 0 radical (unpaired) electrons. The minimum Gasteiger partial charge on any atom is -0.352 e. The number of carbonyl (C=O) groups excluding carboxylic acids is 1. The first kappa shape index (κ1) is 13.7. The van der Waals surface area contributed by atoms with E-state index >= 15 is 0 Å². The molecule has 5 heteroatoms. The lowest BCUT2D eigenvalue weighted by atomic mass is 10.1. The zero-order valence-corrected chi connectivity index (χ0v) is 11.5. The molecule has 0 unspecified atom stereocenters. The molecule has 1 aliphatic heterocycles. The van der Waals surface area contributed by atoms with Crippen molar-refractivity contribution in [1.82, 2.24) is 10.6 Å². The van der Waals surface area contributed by atoms with Crippen LogP contribution < -0.4 is 10.6 Å². The maximum Gasteiger partial charge on any atom is 0.252 e. The van der Waals surface area contributed by atoms with Gasteiger partial charge in [-0.15, -0.1) is 0 Å². The summed E-state index contributed by atoms with van der Waals surface area (Å²) >= 11 is 11.8. The third-order valence-corrected chi connectivity index (χ3v) is 3.68. The van der Waals surface area contributed by atoms with Gasteiger partial charge in [0.2, 0.25) is 0 Å². The Morgan fingerprint density at radius 1 is 1.44 bits per heavy atom. The molecule has 18 heavy (non-hydrogen) atoms. The third-order valence-electron chi connectivity index (χ3n) is 3.11. The quantitative estimate of drug-likeness (QED) is 0.894. The maximum absolute atomic E-state index is 11.9. The van der Waals surface area contributed by atoms with Crippen LogP contribution in [-0.2, 0) is 0 Å². The van der Waals surface area contributed by atoms with Crippen LogP contribution in [-0.4, -0.2) is 25.0 Å². The molecule has 0 spiro atoms. The Balaban J connectivity index is 1.85. The molecule has 98 valence electrons. The molecule has 0 saturated carbocycles. The molecule has 3 nitrogen and oxygen atoms in total. The van der Waals surface area contributed by atoms with Crippen LogP contribution in [0, 0.1) is 0 Å². The lowest BCUT2D eigenvalue weighted by molar-refractivity contribution is 0.0952. The van der Waals surface area contributed by atoms with Gasteiger partial charge in [0.15, 0.2) is 0 Å². The van der Waals surface area contributed by atoms with E-state index in [4.69, 9.17) is 23.2 Å². The van der Waals surface area contributed by atoms with Crippen molar-refractivity contribution in [2.75, 3.05) is 13.1 Å². The summed E-state index contributed by atoms with van der Waals surface area (Å²) < 4.78 is 0. The van der Waals surface area contributed by atoms with Crippen LogP contribution in [0.4, 0.5) is 0 Å². The highest BCUT2D eigenvalue weighted by Crippen LogP contribution is 2.20. The molecule has 2 rings (SSSR count). The van der Waals surface area contributed by atoms with Gasteiger partial charge in [-0.2, -0.15) is 0 Å². The summed E-state index contributed by atoms with van der Waals surface area (Å²) in [6.45, 7) is 1.73. The minimum atomic E-state index is -0.166. The molecule has 1 aromatic rings. The SMILES string of the molecule is O=C(NCC[C@@H]1CCCN1)c1cc(Cl)ccc1Cl. The molecule has 1 saturated heterocycles. The van der Waals surface area contributed by atoms with Crippen LogP contribution in [0.2, 0.25) is 10.0 Å². The van der Waals surface area contributed by atoms with Crippen LogP contribution >= 0.6 is 23.2 Å². The van der Waals surface area contributed by atoms with Crippen LogP contribution in [0.3, 0.4) is 0 Å². The highest BCUT2D eigenvalue weighted by molar-refractivity contribution is 6.35. The van der Waals surface area contributed by atoms with Crippen molar-refractivity contribution >= 4 is 29.1 Å². The van der Waals surface area contributed by atoms with Crippen molar-refractivity contribution in [2.45, 2.75) is 25.3 Å². The Hall–Kier alpha value is -0.770. The van der Waals surface area contributed by atoms with E-state index in [2.05, 4.69) is 10.6 Å². The Morgan fingerprint density at radius 2 is 2.28 bits per heavy atom. The first-order valence-electron chi connectivity index (χ1n) is 6.13. The van der Waals surface area contributed by atoms with Crippen LogP contribution in [0.5, 0.6) is 0 Å². The van der Waals surface area contributed by atoms with E-state index in [1.165, 1.54) is 12.8 Å². The van der Waals surface area contributed by atoms with Gasteiger partial charge in [-0.1, -0.05) is 23.2 Å². The largest absolute Gasteiger partial charge is 0.352 e. The topological polar surface area (TPSA) is 41.1 Å². The van der Waals surface area contributed by atoms with E-state index in [1.807, 2.05) is 0 Å². The minimum absolute atomic E-state index is 0.166. The molecule has 1 atom stereocenters. The molecule has 2 N–H and O–H groups in total. The van der Waals surface area contributed by atoms with E-state index in [0.717, 1.165) is 13.0 Å². The van der Waals surface area contributed by atoms with Gasteiger partial charge in [0.1, 0.15) is 0 Å². The fourth-order valence-corrected chi connectivity index (χ4v) is 2.51. The first-order chi connectivity index (χ1) is 8.66. The predicted octanol–water partition coefficient (Wildman–Crippen LogP) is 2.87. The molecule has 1 aliphatic rings. The summed E-state index contributed by atoms with van der Waals surface area (Å²) in [5, 5.41) is 7.21. The summed E-state index contributed by atoms with van der Waals surface area (Å²) in [5.74, 6) is -0.166. The van der Waals surface area contributed by atoms with Gasteiger partial charge in [0.25, 0.3) is 5.91 Å². The van der Waals surface area contributed by atoms with Gasteiger partial charge in [-0.25, -0.2) is 0 Å². The second-order valence-electron chi connectivity index (χ2n) is 4.46. The second kappa shape index (κ2) is 6.41. The highest BCUT2D eigenvalue weighted by atomic mass is 35.5. The van der Waals surface area contributed by atoms with E-state index in [-0.39, 0.29) is 5.91 Å².